The van der Waals surface area contributed by atoms with Gasteiger partial charge in [0, 0.05) is 24.7 Å². The minimum atomic E-state index is -0.484. The molecule has 1 saturated heterocycles. The number of primary amides is 1. The summed E-state index contributed by atoms with van der Waals surface area (Å²) in [6, 6.07) is 5.36. The first-order chi connectivity index (χ1) is 8.25. The van der Waals surface area contributed by atoms with Gasteiger partial charge in [0.05, 0.1) is 13.2 Å². The van der Waals surface area contributed by atoms with Gasteiger partial charge in [0.1, 0.15) is 5.69 Å². The van der Waals surface area contributed by atoms with Crippen molar-refractivity contribution in [2.75, 3.05) is 26.3 Å². The Balaban J connectivity index is 2.01. The summed E-state index contributed by atoms with van der Waals surface area (Å²) in [5.74, 6) is -0.0878. The van der Waals surface area contributed by atoms with Gasteiger partial charge in [-0.15, -0.1) is 0 Å². The zero-order valence-corrected chi connectivity index (χ0v) is 9.69. The molecule has 1 amide bonds. The smallest absolute Gasteiger partial charge is 0.267 e. The molecule has 1 aromatic rings. The molecule has 1 atom stereocenters. The van der Waals surface area contributed by atoms with Crippen molar-refractivity contribution in [2.24, 2.45) is 11.7 Å². The van der Waals surface area contributed by atoms with Crippen molar-refractivity contribution in [3.05, 3.63) is 29.6 Å². The summed E-state index contributed by atoms with van der Waals surface area (Å²) in [5.41, 5.74) is 6.41. The number of amides is 1. The van der Waals surface area contributed by atoms with Crippen LogP contribution >= 0.6 is 0 Å². The number of aromatic nitrogens is 1. The number of rotatable bonds is 3. The van der Waals surface area contributed by atoms with Crippen molar-refractivity contribution in [1.29, 1.82) is 0 Å². The van der Waals surface area contributed by atoms with Crippen LogP contribution in [0.5, 0.6) is 0 Å². The summed E-state index contributed by atoms with van der Waals surface area (Å²) in [6.45, 7) is 3.30. The standard InChI is InChI=1S/C12H17N3O2/c13-12(16)11-3-1-2-10(15-11)6-9-7-14-4-5-17-8-9/h1-3,9,14H,4-8H2,(H2,13,16). The third kappa shape index (κ3) is 3.51. The predicted molar refractivity (Wildman–Crippen MR) is 63.6 cm³/mol. The van der Waals surface area contributed by atoms with E-state index < -0.39 is 5.91 Å². The van der Waals surface area contributed by atoms with E-state index in [0.717, 1.165) is 38.4 Å². The van der Waals surface area contributed by atoms with E-state index in [4.69, 9.17) is 10.5 Å². The van der Waals surface area contributed by atoms with Gasteiger partial charge in [0.25, 0.3) is 5.91 Å². The maximum Gasteiger partial charge on any atom is 0.267 e. The van der Waals surface area contributed by atoms with Crippen LogP contribution in [0.1, 0.15) is 16.2 Å². The summed E-state index contributed by atoms with van der Waals surface area (Å²) in [6.07, 6.45) is 0.800. The van der Waals surface area contributed by atoms with Gasteiger partial charge in [-0.1, -0.05) is 6.07 Å². The minimum Gasteiger partial charge on any atom is -0.380 e. The van der Waals surface area contributed by atoms with Gasteiger partial charge in [0.15, 0.2) is 0 Å². The average Bonchev–Trinajstić information content (AvgIpc) is 2.58. The van der Waals surface area contributed by atoms with Gasteiger partial charge in [-0.25, -0.2) is 4.98 Å². The van der Waals surface area contributed by atoms with Crippen molar-refractivity contribution in [1.82, 2.24) is 10.3 Å². The maximum absolute atomic E-state index is 11.0. The highest BCUT2D eigenvalue weighted by molar-refractivity contribution is 5.90. The van der Waals surface area contributed by atoms with E-state index in [1.54, 1.807) is 6.07 Å². The van der Waals surface area contributed by atoms with Crippen molar-refractivity contribution in [2.45, 2.75) is 6.42 Å². The van der Waals surface area contributed by atoms with Crippen molar-refractivity contribution in [3.63, 3.8) is 0 Å². The van der Waals surface area contributed by atoms with E-state index in [1.165, 1.54) is 0 Å². The van der Waals surface area contributed by atoms with Gasteiger partial charge in [-0.3, -0.25) is 4.79 Å². The molecule has 1 aliphatic heterocycles. The van der Waals surface area contributed by atoms with Crippen LogP contribution in [0.25, 0.3) is 0 Å². The molecular formula is C12H17N3O2. The van der Waals surface area contributed by atoms with Gasteiger partial charge in [-0.05, 0) is 18.6 Å². The van der Waals surface area contributed by atoms with E-state index in [9.17, 15) is 4.79 Å². The number of nitrogens with two attached hydrogens (primary N) is 1. The van der Waals surface area contributed by atoms with Crippen LogP contribution in [0.3, 0.4) is 0 Å². The SMILES string of the molecule is NC(=O)c1cccc(CC2CNCCOC2)n1. The molecule has 2 heterocycles. The van der Waals surface area contributed by atoms with E-state index in [0.29, 0.717) is 11.6 Å². The fraction of sp³-hybridized carbons (Fsp3) is 0.500. The van der Waals surface area contributed by atoms with Crippen LogP contribution in [0, 0.1) is 5.92 Å². The maximum atomic E-state index is 11.0. The molecule has 0 aromatic carbocycles. The quantitative estimate of drug-likeness (QED) is 0.770. The van der Waals surface area contributed by atoms with Crippen LogP contribution in [-0.4, -0.2) is 37.2 Å². The van der Waals surface area contributed by atoms with Crippen molar-refractivity contribution >= 4 is 5.91 Å². The van der Waals surface area contributed by atoms with Crippen LogP contribution in [0.2, 0.25) is 0 Å². The molecule has 0 spiro atoms. The lowest BCUT2D eigenvalue weighted by Crippen LogP contribution is -2.24. The molecule has 3 N–H and O–H groups in total. The molecule has 1 aliphatic rings. The number of pyridine rings is 1. The molecule has 0 saturated carbocycles. The Morgan fingerprint density at radius 3 is 3.29 bits per heavy atom. The average molecular weight is 235 g/mol. The highest BCUT2D eigenvalue weighted by Gasteiger charge is 2.14. The van der Waals surface area contributed by atoms with E-state index in [-0.39, 0.29) is 0 Å². The van der Waals surface area contributed by atoms with Crippen molar-refractivity contribution in [3.8, 4) is 0 Å². The van der Waals surface area contributed by atoms with Gasteiger partial charge < -0.3 is 15.8 Å². The van der Waals surface area contributed by atoms with Gasteiger partial charge in [-0.2, -0.15) is 0 Å². The summed E-state index contributed by atoms with van der Waals surface area (Å²) in [5, 5.41) is 3.31. The lowest BCUT2D eigenvalue weighted by atomic mass is 10.0. The van der Waals surface area contributed by atoms with Crippen LogP contribution in [-0.2, 0) is 11.2 Å². The topological polar surface area (TPSA) is 77.2 Å². The largest absolute Gasteiger partial charge is 0.380 e. The first kappa shape index (κ1) is 12.0. The Labute approximate surface area is 100 Å². The lowest BCUT2D eigenvalue weighted by Gasteiger charge is -2.13. The monoisotopic (exact) mass is 235 g/mol. The number of ether oxygens (including phenoxy) is 1. The molecule has 0 aliphatic carbocycles. The summed E-state index contributed by atoms with van der Waals surface area (Å²) in [7, 11) is 0. The molecule has 0 bridgehead atoms. The van der Waals surface area contributed by atoms with Crippen molar-refractivity contribution < 1.29 is 9.53 Å². The Morgan fingerprint density at radius 1 is 1.59 bits per heavy atom. The Bertz CT molecular complexity index is 387. The lowest BCUT2D eigenvalue weighted by molar-refractivity contribution is 0.0995. The van der Waals surface area contributed by atoms with Crippen LogP contribution < -0.4 is 11.1 Å². The predicted octanol–water partition coefficient (Wildman–Crippen LogP) is -0.0410. The van der Waals surface area contributed by atoms with Crippen LogP contribution in [0.4, 0.5) is 0 Å². The fourth-order valence-electron chi connectivity index (χ4n) is 1.92. The van der Waals surface area contributed by atoms with E-state index in [2.05, 4.69) is 10.3 Å². The summed E-state index contributed by atoms with van der Waals surface area (Å²) >= 11 is 0. The highest BCUT2D eigenvalue weighted by atomic mass is 16.5. The summed E-state index contributed by atoms with van der Waals surface area (Å²) < 4.78 is 5.48. The van der Waals surface area contributed by atoms with E-state index >= 15 is 0 Å². The van der Waals surface area contributed by atoms with Crippen LogP contribution in [0.15, 0.2) is 18.2 Å². The highest BCUT2D eigenvalue weighted by Crippen LogP contribution is 2.09. The Morgan fingerprint density at radius 2 is 2.47 bits per heavy atom. The Hall–Kier alpha value is -1.46. The Kier molecular flexibility index (Phi) is 4.06. The number of nitrogens with zero attached hydrogens (tertiary/aromatic N) is 1. The molecule has 1 unspecified atom stereocenters. The molecule has 2 rings (SSSR count). The number of hydrogen-bond donors (Lipinski definition) is 2. The molecule has 1 aromatic heterocycles. The molecule has 92 valence electrons. The minimum absolute atomic E-state index is 0.324. The van der Waals surface area contributed by atoms with Gasteiger partial charge >= 0.3 is 0 Å². The first-order valence-corrected chi connectivity index (χ1v) is 5.80. The molecular weight excluding hydrogens is 218 g/mol. The number of hydrogen-bond acceptors (Lipinski definition) is 4. The number of carbonyl (C=O) groups is 1. The third-order valence-corrected chi connectivity index (χ3v) is 2.77. The third-order valence-electron chi connectivity index (χ3n) is 2.77. The zero-order valence-electron chi connectivity index (χ0n) is 9.69. The zero-order chi connectivity index (χ0) is 12.1. The first-order valence-electron chi connectivity index (χ1n) is 5.80. The second-order valence-electron chi connectivity index (χ2n) is 4.23. The fourth-order valence-corrected chi connectivity index (χ4v) is 1.92. The molecule has 0 radical (unpaired) electrons. The molecule has 17 heavy (non-hydrogen) atoms. The second kappa shape index (κ2) is 5.75. The molecule has 5 heteroatoms. The van der Waals surface area contributed by atoms with E-state index in [1.807, 2.05) is 12.1 Å². The number of nitrogens with one attached hydrogen (secondary N) is 1. The normalized spacial score (nSPS) is 20.8. The number of carbonyl (C=O) groups excluding carboxylic acids is 1. The molecule has 1 fully saturated rings. The summed E-state index contributed by atoms with van der Waals surface area (Å²) in [4.78, 5) is 15.3. The molecule has 5 nitrogen and oxygen atoms in total. The second-order valence-corrected chi connectivity index (χ2v) is 4.23. The van der Waals surface area contributed by atoms with Gasteiger partial charge in [0.2, 0.25) is 0 Å².